The number of phenolic OH excluding ortho intramolecular Hbond substituents is 1. The molecule has 3 aromatic rings. The summed E-state index contributed by atoms with van der Waals surface area (Å²) in [5.74, 6) is -6.20. The molecule has 6 amide bonds. The number of amides is 6. The molecular weight excluding hydrogens is 833 g/mol. The van der Waals surface area contributed by atoms with Crippen LogP contribution in [-0.4, -0.2) is 138 Å². The second-order valence-electron chi connectivity index (χ2n) is 15.8. The number of nitrogens with two attached hydrogens (primary N) is 2. The van der Waals surface area contributed by atoms with E-state index in [1.807, 2.05) is 6.92 Å². The van der Waals surface area contributed by atoms with Crippen LogP contribution in [0.4, 0.5) is 0 Å². The van der Waals surface area contributed by atoms with Crippen LogP contribution in [0.3, 0.4) is 0 Å². The van der Waals surface area contributed by atoms with E-state index in [0.717, 1.165) is 0 Å². The number of hydrogen-bond acceptors (Lipinski definition) is 12. The van der Waals surface area contributed by atoms with Crippen molar-refractivity contribution >= 4 is 47.4 Å². The maximum Gasteiger partial charge on any atom is 0.326 e. The van der Waals surface area contributed by atoms with Crippen molar-refractivity contribution in [1.82, 2.24) is 56.7 Å². The summed E-state index contributed by atoms with van der Waals surface area (Å²) >= 11 is 0. The molecule has 348 valence electrons. The van der Waals surface area contributed by atoms with Crippen molar-refractivity contribution in [2.75, 3.05) is 13.1 Å². The number of imidazole rings is 2. The fourth-order valence-corrected chi connectivity index (χ4v) is 7.07. The highest BCUT2D eigenvalue weighted by Gasteiger charge is 2.40. The van der Waals surface area contributed by atoms with Crippen molar-refractivity contribution in [3.05, 3.63) is 66.3 Å². The van der Waals surface area contributed by atoms with Crippen LogP contribution >= 0.6 is 0 Å². The van der Waals surface area contributed by atoms with Gasteiger partial charge < -0.3 is 68.4 Å². The molecule has 2 aromatic heterocycles. The molecule has 1 aliphatic heterocycles. The average molecular weight is 893 g/mol. The molecule has 0 saturated carbocycles. The molecule has 0 bridgehead atoms. The molecule has 3 heterocycles. The Bertz CT molecular complexity index is 2050. The van der Waals surface area contributed by atoms with Gasteiger partial charge in [0.05, 0.1) is 30.1 Å². The van der Waals surface area contributed by atoms with Gasteiger partial charge in [-0.05, 0) is 56.2 Å². The zero-order valence-electron chi connectivity index (χ0n) is 36.1. The van der Waals surface area contributed by atoms with Crippen LogP contribution < -0.4 is 43.4 Å². The number of carbonyl (C=O) groups excluding carboxylic acids is 6. The first-order valence-electron chi connectivity index (χ1n) is 21.1. The number of H-pyrrole nitrogens is 2. The summed E-state index contributed by atoms with van der Waals surface area (Å²) in [4.78, 5) is 110. The third kappa shape index (κ3) is 14.8. The maximum absolute atomic E-state index is 14.6. The molecule has 0 unspecified atom stereocenters. The summed E-state index contributed by atoms with van der Waals surface area (Å²) in [5.41, 5.74) is 12.9. The zero-order valence-corrected chi connectivity index (χ0v) is 36.1. The standard InChI is InChI=1S/C41H60N14O9/c1-4-22(2)33(54-34(57)23(3)50-35(58)28(42)16-25-18-45-20-48-25)38(61)52-30(15-24-9-11-27(56)12-10-24)39(62)55-14-6-8-32(55)37(60)51-29(7-5-13-47-41(43)44)36(59)53-31(40(63)64)17-26-19-46-21-49-26/h9-12,18-23,28-33,56H,4-8,13-17,42H2,1-3H3,(H,45,48)(H,46,49)(H,50,58)(H,51,60)(H,52,61)(H,53,59)(H,54,57)(H,63,64)(H4,43,44,47)/t22-,23-,28-,29-,30-,31-,32-,33-/m0/s1. The second-order valence-corrected chi connectivity index (χ2v) is 15.8. The topological polar surface area (TPSA) is 369 Å². The Morgan fingerprint density at radius 3 is 2.08 bits per heavy atom. The molecule has 1 aromatic carbocycles. The van der Waals surface area contributed by atoms with E-state index in [1.54, 1.807) is 25.3 Å². The Balaban J connectivity index is 1.52. The lowest BCUT2D eigenvalue weighted by molar-refractivity contribution is -0.143. The van der Waals surface area contributed by atoms with Gasteiger partial charge in [0.25, 0.3) is 0 Å². The Morgan fingerprint density at radius 2 is 1.48 bits per heavy atom. The van der Waals surface area contributed by atoms with E-state index in [-0.39, 0.29) is 63.3 Å². The van der Waals surface area contributed by atoms with Gasteiger partial charge >= 0.3 is 5.97 Å². The molecular formula is C41H60N14O9. The molecule has 0 aliphatic carbocycles. The number of benzene rings is 1. The van der Waals surface area contributed by atoms with Crippen LogP contribution in [0.1, 0.15) is 69.8 Å². The van der Waals surface area contributed by atoms with Gasteiger partial charge in [-0.1, -0.05) is 32.4 Å². The van der Waals surface area contributed by atoms with E-state index < -0.39 is 89.6 Å². The SMILES string of the molecule is CC[C@H](C)[C@H](NC(=O)[C@H](C)NC(=O)[C@@H](N)Cc1c[nH]cn1)C(=O)N[C@@H](Cc1ccc(O)cc1)C(=O)N1CCC[C@H]1C(=O)N[C@@H](CCCNC(=N)N)C(=O)N[C@@H](Cc1c[nH]cn1)C(=O)O. The molecule has 23 nitrogen and oxygen atoms in total. The smallest absolute Gasteiger partial charge is 0.326 e. The van der Waals surface area contributed by atoms with Gasteiger partial charge in [0.2, 0.25) is 35.4 Å². The number of guanidine groups is 1. The lowest BCUT2D eigenvalue weighted by atomic mass is 9.96. The van der Waals surface area contributed by atoms with Crippen LogP contribution in [0.5, 0.6) is 5.75 Å². The van der Waals surface area contributed by atoms with Gasteiger partial charge in [-0.3, -0.25) is 34.2 Å². The van der Waals surface area contributed by atoms with Gasteiger partial charge in [0.1, 0.15) is 42.0 Å². The summed E-state index contributed by atoms with van der Waals surface area (Å²) < 4.78 is 0. The van der Waals surface area contributed by atoms with Crippen molar-refractivity contribution in [2.45, 2.75) is 114 Å². The third-order valence-corrected chi connectivity index (χ3v) is 10.9. The number of hydrogen-bond donors (Lipinski definition) is 13. The number of carboxylic acid groups (broad SMARTS) is 1. The Hall–Kier alpha value is -7.04. The van der Waals surface area contributed by atoms with Crippen molar-refractivity contribution in [2.24, 2.45) is 17.4 Å². The number of rotatable bonds is 24. The van der Waals surface area contributed by atoms with Crippen LogP contribution in [0.2, 0.25) is 0 Å². The van der Waals surface area contributed by atoms with Crippen molar-refractivity contribution in [3.63, 3.8) is 0 Å². The van der Waals surface area contributed by atoms with Crippen molar-refractivity contribution < 1.29 is 43.8 Å². The minimum absolute atomic E-state index is 0.00961. The Morgan fingerprint density at radius 1 is 0.844 bits per heavy atom. The maximum atomic E-state index is 14.6. The molecule has 15 N–H and O–H groups in total. The highest BCUT2D eigenvalue weighted by atomic mass is 16.4. The summed E-state index contributed by atoms with van der Waals surface area (Å²) in [5, 5.41) is 43.1. The number of nitrogens with one attached hydrogen (secondary N) is 9. The Kier molecular flexibility index (Phi) is 18.6. The van der Waals surface area contributed by atoms with Crippen molar-refractivity contribution in [3.8, 4) is 5.75 Å². The fraction of sp³-hybridized carbons (Fsp3) is 0.512. The minimum Gasteiger partial charge on any atom is -0.508 e. The number of phenols is 1. The first-order valence-corrected chi connectivity index (χ1v) is 21.1. The van der Waals surface area contributed by atoms with Crippen molar-refractivity contribution in [1.29, 1.82) is 5.41 Å². The number of carbonyl (C=O) groups is 7. The number of nitrogens with zero attached hydrogens (tertiary/aromatic N) is 3. The summed E-state index contributed by atoms with van der Waals surface area (Å²) in [7, 11) is 0. The first kappa shape index (κ1) is 49.6. The van der Waals surface area contributed by atoms with Gasteiger partial charge in [0, 0.05) is 44.7 Å². The van der Waals surface area contributed by atoms with E-state index >= 15 is 0 Å². The van der Waals surface area contributed by atoms with E-state index in [2.05, 4.69) is 51.8 Å². The number of aliphatic carboxylic acids is 1. The van der Waals surface area contributed by atoms with E-state index in [1.165, 1.54) is 42.8 Å². The van der Waals surface area contributed by atoms with Gasteiger partial charge in [-0.2, -0.15) is 0 Å². The molecule has 1 aliphatic rings. The monoisotopic (exact) mass is 892 g/mol. The minimum atomic E-state index is -1.39. The summed E-state index contributed by atoms with van der Waals surface area (Å²) in [6.07, 6.45) is 7.09. The van der Waals surface area contributed by atoms with Gasteiger partial charge in [-0.25, -0.2) is 14.8 Å². The van der Waals surface area contributed by atoms with Gasteiger partial charge in [-0.15, -0.1) is 0 Å². The molecule has 1 fully saturated rings. The number of aromatic nitrogens is 4. The van der Waals surface area contributed by atoms with Crippen LogP contribution in [-0.2, 0) is 52.8 Å². The highest BCUT2D eigenvalue weighted by Crippen LogP contribution is 2.22. The molecule has 0 spiro atoms. The number of aromatic hydroxyl groups is 1. The van der Waals surface area contributed by atoms with E-state index in [4.69, 9.17) is 16.9 Å². The van der Waals surface area contributed by atoms with Gasteiger partial charge in [0.15, 0.2) is 5.96 Å². The first-order chi connectivity index (χ1) is 30.5. The molecule has 1 saturated heterocycles. The molecule has 0 radical (unpaired) electrons. The highest BCUT2D eigenvalue weighted by molar-refractivity contribution is 5.97. The van der Waals surface area contributed by atoms with Crippen LogP contribution in [0.15, 0.2) is 49.3 Å². The molecule has 64 heavy (non-hydrogen) atoms. The van der Waals surface area contributed by atoms with E-state index in [0.29, 0.717) is 29.8 Å². The quantitative estimate of drug-likeness (QED) is 0.0264. The van der Waals surface area contributed by atoms with Crippen LogP contribution in [0.25, 0.3) is 0 Å². The average Bonchev–Trinajstić information content (AvgIpc) is 4.08. The van der Waals surface area contributed by atoms with Crippen LogP contribution in [0, 0.1) is 11.3 Å². The van der Waals surface area contributed by atoms with E-state index in [9.17, 15) is 43.8 Å². The lowest BCUT2D eigenvalue weighted by Crippen LogP contribution is -2.60. The summed E-state index contributed by atoms with van der Waals surface area (Å²) in [6, 6.07) is -2.29. The molecule has 4 rings (SSSR count). The normalized spacial score (nSPS) is 16.8. The molecule has 8 atom stereocenters. The zero-order chi connectivity index (χ0) is 46.9. The number of aromatic amines is 2. The predicted octanol–water partition coefficient (Wildman–Crippen LogP) is -1.98. The fourth-order valence-electron chi connectivity index (χ4n) is 7.07. The Labute approximate surface area is 369 Å². The largest absolute Gasteiger partial charge is 0.508 e. The number of likely N-dealkylation sites (tertiary alicyclic amines) is 1. The summed E-state index contributed by atoms with van der Waals surface area (Å²) in [6.45, 7) is 5.29. The lowest BCUT2D eigenvalue weighted by Gasteiger charge is -2.32. The molecule has 23 heteroatoms. The third-order valence-electron chi connectivity index (χ3n) is 10.9. The second kappa shape index (κ2) is 24.0. The predicted molar refractivity (Wildman–Crippen MR) is 231 cm³/mol. The number of carboxylic acids is 1.